The van der Waals surface area contributed by atoms with Gasteiger partial charge in [-0.1, -0.05) is 47.5 Å². The lowest BCUT2D eigenvalue weighted by atomic mass is 10.1. The van der Waals surface area contributed by atoms with E-state index in [1.54, 1.807) is 18.2 Å². The van der Waals surface area contributed by atoms with Crippen LogP contribution in [0.1, 0.15) is 35.6 Å². The van der Waals surface area contributed by atoms with Gasteiger partial charge in [0.25, 0.3) is 0 Å². The van der Waals surface area contributed by atoms with Crippen molar-refractivity contribution in [3.63, 3.8) is 0 Å². The molecule has 0 radical (unpaired) electrons. The highest BCUT2D eigenvalue weighted by Gasteiger charge is 2.14. The molecular weight excluding hydrogens is 546 g/mol. The summed E-state index contributed by atoms with van der Waals surface area (Å²) in [5, 5.41) is 7.33. The number of rotatable bonds is 10. The molecule has 9 heteroatoms. The molecule has 2 N–H and O–H groups in total. The van der Waals surface area contributed by atoms with E-state index in [0.29, 0.717) is 38.9 Å². The molecule has 0 spiro atoms. The molecule has 3 rings (SSSR count). The molecule has 0 saturated heterocycles. The molecule has 0 aromatic heterocycles. The van der Waals surface area contributed by atoms with Crippen molar-refractivity contribution in [1.82, 2.24) is 5.43 Å². The average Bonchev–Trinajstić information content (AvgIpc) is 2.81. The van der Waals surface area contributed by atoms with Crippen LogP contribution in [0.15, 0.2) is 64.2 Å². The van der Waals surface area contributed by atoms with Crippen molar-refractivity contribution in [2.24, 2.45) is 5.10 Å². The van der Waals surface area contributed by atoms with Crippen LogP contribution in [0.5, 0.6) is 11.5 Å². The van der Waals surface area contributed by atoms with E-state index in [9.17, 15) is 9.59 Å². The first-order valence-electron chi connectivity index (χ1n) is 11.3. The van der Waals surface area contributed by atoms with Crippen molar-refractivity contribution in [1.29, 1.82) is 0 Å². The van der Waals surface area contributed by atoms with Gasteiger partial charge in [0.05, 0.1) is 17.3 Å². The van der Waals surface area contributed by atoms with Crippen molar-refractivity contribution in [3.05, 3.63) is 86.3 Å². The Morgan fingerprint density at radius 3 is 2.56 bits per heavy atom. The summed E-state index contributed by atoms with van der Waals surface area (Å²) < 4.78 is 12.4. The van der Waals surface area contributed by atoms with Crippen LogP contribution in [0.3, 0.4) is 0 Å². The van der Waals surface area contributed by atoms with Crippen LogP contribution in [0.2, 0.25) is 5.02 Å². The van der Waals surface area contributed by atoms with Crippen molar-refractivity contribution >= 4 is 51.2 Å². The van der Waals surface area contributed by atoms with E-state index in [1.165, 1.54) is 6.21 Å². The van der Waals surface area contributed by atoms with E-state index in [0.717, 1.165) is 16.7 Å². The molecule has 2 amide bonds. The van der Waals surface area contributed by atoms with Gasteiger partial charge in [-0.3, -0.25) is 9.59 Å². The number of carbonyl (C=O) groups excluding carboxylic acids is 2. The number of hydrazone groups is 1. The number of nitrogens with zero attached hydrogens (tertiary/aromatic N) is 1. The molecule has 0 saturated carbocycles. The standard InChI is InChI=1S/C27H27BrClN3O4/c1-4-35-24-13-19(12-21(28)27(24)36-16-20-7-5-6-8-22(20)29)15-30-32-26(34)14-25(33)31-23-10-9-17(2)11-18(23)3/h5-13,15H,4,14,16H2,1-3H3,(H,31,33)(H,32,34). The average molecular weight is 573 g/mol. The van der Waals surface area contributed by atoms with E-state index in [2.05, 4.69) is 31.8 Å². The zero-order valence-corrected chi connectivity index (χ0v) is 22.6. The minimum Gasteiger partial charge on any atom is -0.490 e. The number of hydrogen-bond acceptors (Lipinski definition) is 5. The Balaban J connectivity index is 1.60. The predicted octanol–water partition coefficient (Wildman–Crippen LogP) is 6.18. The number of nitrogens with one attached hydrogen (secondary N) is 2. The number of hydrogen-bond donors (Lipinski definition) is 2. The number of halogens is 2. The van der Waals surface area contributed by atoms with Crippen LogP contribution in [-0.4, -0.2) is 24.6 Å². The van der Waals surface area contributed by atoms with Crippen LogP contribution < -0.4 is 20.2 Å². The number of aryl methyl sites for hydroxylation is 2. The molecule has 0 unspecified atom stereocenters. The van der Waals surface area contributed by atoms with Gasteiger partial charge in [-0.05, 0) is 72.1 Å². The summed E-state index contributed by atoms with van der Waals surface area (Å²) in [6.45, 7) is 6.44. The number of benzene rings is 3. The Labute approximate surface area is 224 Å². The molecule has 188 valence electrons. The lowest BCUT2D eigenvalue weighted by molar-refractivity contribution is -0.126. The molecule has 0 heterocycles. The van der Waals surface area contributed by atoms with Crippen molar-refractivity contribution in [3.8, 4) is 11.5 Å². The first kappa shape index (κ1) is 27.2. The zero-order chi connectivity index (χ0) is 26.1. The van der Waals surface area contributed by atoms with Gasteiger partial charge >= 0.3 is 0 Å². The number of amides is 2. The SMILES string of the molecule is CCOc1cc(C=NNC(=O)CC(=O)Nc2ccc(C)cc2C)cc(Br)c1OCc1ccccc1Cl. The molecule has 0 aliphatic rings. The Kier molecular flexibility index (Phi) is 9.90. The maximum absolute atomic E-state index is 12.2. The van der Waals surface area contributed by atoms with Gasteiger partial charge in [0.1, 0.15) is 13.0 Å². The Bertz CT molecular complexity index is 1280. The van der Waals surface area contributed by atoms with Gasteiger partial charge in [-0.2, -0.15) is 5.10 Å². The summed E-state index contributed by atoms with van der Waals surface area (Å²) in [6, 6.07) is 16.7. The largest absolute Gasteiger partial charge is 0.490 e. The summed E-state index contributed by atoms with van der Waals surface area (Å²) in [5.41, 5.74) is 6.59. The monoisotopic (exact) mass is 571 g/mol. The molecule has 0 aliphatic carbocycles. The summed E-state index contributed by atoms with van der Waals surface area (Å²) in [5.74, 6) is 0.0916. The highest BCUT2D eigenvalue weighted by atomic mass is 79.9. The van der Waals surface area contributed by atoms with Crippen LogP contribution in [0.25, 0.3) is 0 Å². The van der Waals surface area contributed by atoms with Crippen LogP contribution >= 0.6 is 27.5 Å². The molecule has 0 aliphatic heterocycles. The molecular formula is C27H27BrClN3O4. The first-order valence-corrected chi connectivity index (χ1v) is 12.5. The fraction of sp³-hybridized carbons (Fsp3) is 0.222. The molecule has 7 nitrogen and oxygen atoms in total. The quantitative estimate of drug-likeness (QED) is 0.173. The van der Waals surface area contributed by atoms with E-state index >= 15 is 0 Å². The Morgan fingerprint density at radius 2 is 1.83 bits per heavy atom. The second kappa shape index (κ2) is 13.1. The normalized spacial score (nSPS) is 10.8. The van der Waals surface area contributed by atoms with Gasteiger partial charge < -0.3 is 14.8 Å². The third kappa shape index (κ3) is 7.83. The Hall–Kier alpha value is -3.36. The van der Waals surface area contributed by atoms with Gasteiger partial charge in [-0.15, -0.1) is 0 Å². The second-order valence-corrected chi connectivity index (χ2v) is 9.24. The Morgan fingerprint density at radius 1 is 1.06 bits per heavy atom. The molecule has 3 aromatic rings. The zero-order valence-electron chi connectivity index (χ0n) is 20.2. The minimum atomic E-state index is -0.530. The van der Waals surface area contributed by atoms with Crippen molar-refractivity contribution in [2.75, 3.05) is 11.9 Å². The summed E-state index contributed by atoms with van der Waals surface area (Å²) >= 11 is 9.74. The fourth-order valence-electron chi connectivity index (χ4n) is 3.34. The molecule has 0 atom stereocenters. The predicted molar refractivity (Wildman–Crippen MR) is 146 cm³/mol. The van der Waals surface area contributed by atoms with Crippen LogP contribution in [0, 0.1) is 13.8 Å². The van der Waals surface area contributed by atoms with E-state index in [-0.39, 0.29) is 13.0 Å². The van der Waals surface area contributed by atoms with E-state index < -0.39 is 11.8 Å². The fourth-order valence-corrected chi connectivity index (χ4v) is 4.11. The smallest absolute Gasteiger partial charge is 0.249 e. The van der Waals surface area contributed by atoms with Gasteiger partial charge in [0.2, 0.25) is 11.8 Å². The van der Waals surface area contributed by atoms with Gasteiger partial charge in [-0.25, -0.2) is 5.43 Å². The molecule has 36 heavy (non-hydrogen) atoms. The number of ether oxygens (including phenoxy) is 2. The van der Waals surface area contributed by atoms with Crippen molar-refractivity contribution < 1.29 is 19.1 Å². The number of carbonyl (C=O) groups is 2. The lowest BCUT2D eigenvalue weighted by Gasteiger charge is -2.15. The maximum Gasteiger partial charge on any atom is 0.249 e. The summed E-state index contributed by atoms with van der Waals surface area (Å²) in [7, 11) is 0. The van der Waals surface area contributed by atoms with Gasteiger partial charge in [0.15, 0.2) is 11.5 Å². The summed E-state index contributed by atoms with van der Waals surface area (Å²) in [4.78, 5) is 24.4. The first-order chi connectivity index (χ1) is 17.3. The van der Waals surface area contributed by atoms with Crippen LogP contribution in [-0.2, 0) is 16.2 Å². The van der Waals surface area contributed by atoms with Crippen LogP contribution in [0.4, 0.5) is 5.69 Å². The lowest BCUT2D eigenvalue weighted by Crippen LogP contribution is -2.24. The third-order valence-corrected chi connectivity index (χ3v) is 6.00. The third-order valence-electron chi connectivity index (χ3n) is 5.04. The topological polar surface area (TPSA) is 89.0 Å². The molecule has 0 fully saturated rings. The van der Waals surface area contributed by atoms with Gasteiger partial charge in [0, 0.05) is 16.3 Å². The maximum atomic E-state index is 12.2. The van der Waals surface area contributed by atoms with E-state index in [4.69, 9.17) is 21.1 Å². The highest BCUT2D eigenvalue weighted by Crippen LogP contribution is 2.37. The summed E-state index contributed by atoms with van der Waals surface area (Å²) in [6.07, 6.45) is 1.11. The van der Waals surface area contributed by atoms with Crippen molar-refractivity contribution in [2.45, 2.75) is 33.8 Å². The molecule has 3 aromatic carbocycles. The highest BCUT2D eigenvalue weighted by molar-refractivity contribution is 9.10. The van der Waals surface area contributed by atoms with E-state index in [1.807, 2.05) is 57.2 Å². The number of anilines is 1. The minimum absolute atomic E-state index is 0.270. The second-order valence-electron chi connectivity index (χ2n) is 7.98. The molecule has 0 bridgehead atoms.